The summed E-state index contributed by atoms with van der Waals surface area (Å²) in [6, 6.07) is 7.33. The SMILES string of the molecule is Cc1nc(-c2ccccc2O)n(CC[NH+]2CCCCC2)n1. The fourth-order valence-electron chi connectivity index (χ4n) is 3.04. The van der Waals surface area contributed by atoms with Crippen molar-refractivity contribution in [1.82, 2.24) is 14.8 Å². The third-order valence-electron chi connectivity index (χ3n) is 4.16. The summed E-state index contributed by atoms with van der Waals surface area (Å²) in [4.78, 5) is 6.14. The quantitative estimate of drug-likeness (QED) is 0.883. The minimum atomic E-state index is 0.261. The van der Waals surface area contributed by atoms with Crippen LogP contribution in [0.5, 0.6) is 5.75 Å². The largest absolute Gasteiger partial charge is 0.507 e. The van der Waals surface area contributed by atoms with Crippen LogP contribution in [0.3, 0.4) is 0 Å². The molecule has 1 aliphatic rings. The van der Waals surface area contributed by atoms with Crippen LogP contribution >= 0.6 is 0 Å². The Morgan fingerprint density at radius 3 is 2.71 bits per heavy atom. The van der Waals surface area contributed by atoms with Crippen LogP contribution in [0.2, 0.25) is 0 Å². The zero-order chi connectivity index (χ0) is 14.7. The van der Waals surface area contributed by atoms with Crippen LogP contribution in [0, 0.1) is 6.92 Å². The van der Waals surface area contributed by atoms with Gasteiger partial charge in [0.25, 0.3) is 0 Å². The molecular weight excluding hydrogens is 264 g/mol. The second-order valence-corrected chi connectivity index (χ2v) is 5.78. The number of aromatic nitrogens is 3. The van der Waals surface area contributed by atoms with Crippen molar-refractivity contribution in [2.24, 2.45) is 0 Å². The fourth-order valence-corrected chi connectivity index (χ4v) is 3.04. The van der Waals surface area contributed by atoms with Crippen molar-refractivity contribution in [2.45, 2.75) is 32.7 Å². The van der Waals surface area contributed by atoms with Gasteiger partial charge in [-0.3, -0.25) is 0 Å². The molecule has 1 saturated heterocycles. The van der Waals surface area contributed by atoms with E-state index < -0.39 is 0 Å². The molecule has 21 heavy (non-hydrogen) atoms. The first kappa shape index (κ1) is 14.1. The maximum absolute atomic E-state index is 10.0. The average molecular weight is 287 g/mol. The van der Waals surface area contributed by atoms with Crippen LogP contribution in [0.25, 0.3) is 11.4 Å². The monoisotopic (exact) mass is 287 g/mol. The first-order valence-corrected chi connectivity index (χ1v) is 7.77. The summed E-state index contributed by atoms with van der Waals surface area (Å²) >= 11 is 0. The van der Waals surface area contributed by atoms with Gasteiger partial charge in [0.05, 0.1) is 31.7 Å². The Hall–Kier alpha value is -1.88. The van der Waals surface area contributed by atoms with Gasteiger partial charge in [0.2, 0.25) is 0 Å². The lowest BCUT2D eigenvalue weighted by molar-refractivity contribution is -0.905. The van der Waals surface area contributed by atoms with E-state index in [0.717, 1.165) is 30.3 Å². The van der Waals surface area contributed by atoms with Gasteiger partial charge in [-0.1, -0.05) is 12.1 Å². The van der Waals surface area contributed by atoms with Crippen LogP contribution < -0.4 is 4.90 Å². The molecule has 2 aromatic rings. The van der Waals surface area contributed by atoms with Crippen LogP contribution in [-0.2, 0) is 6.54 Å². The number of para-hydroxylation sites is 1. The van der Waals surface area contributed by atoms with E-state index in [1.165, 1.54) is 32.4 Å². The van der Waals surface area contributed by atoms with Crippen molar-refractivity contribution in [2.75, 3.05) is 19.6 Å². The number of aromatic hydroxyl groups is 1. The second kappa shape index (κ2) is 6.26. The Morgan fingerprint density at radius 1 is 1.19 bits per heavy atom. The van der Waals surface area contributed by atoms with E-state index in [9.17, 15) is 5.11 Å². The van der Waals surface area contributed by atoms with E-state index in [-0.39, 0.29) is 5.75 Å². The summed E-state index contributed by atoms with van der Waals surface area (Å²) in [6.07, 6.45) is 4.03. The molecular formula is C16H23N4O+. The van der Waals surface area contributed by atoms with E-state index in [1.54, 1.807) is 11.0 Å². The van der Waals surface area contributed by atoms with Crippen molar-refractivity contribution in [3.05, 3.63) is 30.1 Å². The number of aryl methyl sites for hydroxylation is 1. The molecule has 0 radical (unpaired) electrons. The lowest BCUT2D eigenvalue weighted by Gasteiger charge is -2.23. The van der Waals surface area contributed by atoms with Gasteiger partial charge in [-0.05, 0) is 38.3 Å². The van der Waals surface area contributed by atoms with E-state index in [1.807, 2.05) is 29.8 Å². The van der Waals surface area contributed by atoms with Crippen LogP contribution in [0.1, 0.15) is 25.1 Å². The molecule has 1 fully saturated rings. The number of phenolic OH excluding ortho intramolecular Hbond substituents is 1. The van der Waals surface area contributed by atoms with Gasteiger partial charge in [-0.15, -0.1) is 0 Å². The van der Waals surface area contributed by atoms with Crippen molar-refractivity contribution in [3.63, 3.8) is 0 Å². The summed E-state index contributed by atoms with van der Waals surface area (Å²) in [5, 5.41) is 14.5. The Labute approximate surface area is 125 Å². The molecule has 0 unspecified atom stereocenters. The number of benzene rings is 1. The predicted octanol–water partition coefficient (Wildman–Crippen LogP) is 1.03. The number of nitrogens with zero attached hydrogens (tertiary/aromatic N) is 3. The van der Waals surface area contributed by atoms with Gasteiger partial charge in [-0.2, -0.15) is 5.10 Å². The van der Waals surface area contributed by atoms with Crippen LogP contribution in [-0.4, -0.2) is 39.5 Å². The second-order valence-electron chi connectivity index (χ2n) is 5.78. The average Bonchev–Trinajstić information content (AvgIpc) is 2.87. The Balaban J connectivity index is 1.78. The van der Waals surface area contributed by atoms with Crippen molar-refractivity contribution in [3.8, 4) is 17.1 Å². The third-order valence-corrected chi connectivity index (χ3v) is 4.16. The van der Waals surface area contributed by atoms with Gasteiger partial charge < -0.3 is 10.0 Å². The van der Waals surface area contributed by atoms with Crippen molar-refractivity contribution < 1.29 is 10.0 Å². The molecule has 5 nitrogen and oxygen atoms in total. The van der Waals surface area contributed by atoms with Crippen LogP contribution in [0.4, 0.5) is 0 Å². The molecule has 0 saturated carbocycles. The standard InChI is InChI=1S/C16H22N4O/c1-13-17-16(14-7-3-4-8-15(14)21)20(18-13)12-11-19-9-5-2-6-10-19/h3-4,7-8,21H,2,5-6,9-12H2,1H3/p+1. The van der Waals surface area contributed by atoms with E-state index in [0.29, 0.717) is 0 Å². The highest BCUT2D eigenvalue weighted by Gasteiger charge is 2.17. The number of piperidine rings is 1. The number of phenols is 1. The van der Waals surface area contributed by atoms with Gasteiger partial charge >= 0.3 is 0 Å². The predicted molar refractivity (Wildman–Crippen MR) is 81.3 cm³/mol. The maximum atomic E-state index is 10.0. The number of rotatable bonds is 4. The minimum absolute atomic E-state index is 0.261. The van der Waals surface area contributed by atoms with E-state index in [2.05, 4.69) is 10.1 Å². The smallest absolute Gasteiger partial charge is 0.162 e. The minimum Gasteiger partial charge on any atom is -0.507 e. The lowest BCUT2D eigenvalue weighted by atomic mass is 10.1. The summed E-state index contributed by atoms with van der Waals surface area (Å²) in [6.45, 7) is 6.34. The van der Waals surface area contributed by atoms with Crippen molar-refractivity contribution in [1.29, 1.82) is 0 Å². The molecule has 1 aromatic carbocycles. The Morgan fingerprint density at radius 2 is 1.95 bits per heavy atom. The maximum Gasteiger partial charge on any atom is 0.162 e. The molecule has 0 bridgehead atoms. The highest BCUT2D eigenvalue weighted by Crippen LogP contribution is 2.26. The number of hydrogen-bond acceptors (Lipinski definition) is 3. The van der Waals surface area contributed by atoms with Crippen LogP contribution in [0.15, 0.2) is 24.3 Å². The molecule has 2 heterocycles. The summed E-state index contributed by atoms with van der Waals surface area (Å²) in [7, 11) is 0. The Bertz CT molecular complexity index is 602. The van der Waals surface area contributed by atoms with Crippen molar-refractivity contribution >= 4 is 0 Å². The van der Waals surface area contributed by atoms with Gasteiger partial charge in [0, 0.05) is 0 Å². The van der Waals surface area contributed by atoms with Gasteiger partial charge in [0.1, 0.15) is 11.6 Å². The third kappa shape index (κ3) is 3.24. The molecule has 2 N–H and O–H groups in total. The molecule has 0 spiro atoms. The zero-order valence-corrected chi connectivity index (χ0v) is 12.5. The number of quaternary nitrogens is 1. The number of hydrogen-bond donors (Lipinski definition) is 2. The molecule has 1 aliphatic heterocycles. The van der Waals surface area contributed by atoms with Gasteiger partial charge in [0.15, 0.2) is 5.82 Å². The normalized spacial score (nSPS) is 16.2. The summed E-state index contributed by atoms with van der Waals surface area (Å²) < 4.78 is 1.94. The summed E-state index contributed by atoms with van der Waals surface area (Å²) in [5.74, 6) is 1.78. The summed E-state index contributed by atoms with van der Waals surface area (Å²) in [5.41, 5.74) is 0.756. The lowest BCUT2D eigenvalue weighted by Crippen LogP contribution is -3.13. The molecule has 0 amide bonds. The van der Waals surface area contributed by atoms with Gasteiger partial charge in [-0.25, -0.2) is 9.67 Å². The first-order valence-electron chi connectivity index (χ1n) is 7.77. The number of likely N-dealkylation sites (tertiary alicyclic amines) is 1. The highest BCUT2D eigenvalue weighted by atomic mass is 16.3. The molecule has 0 atom stereocenters. The molecule has 0 aliphatic carbocycles. The number of nitrogens with one attached hydrogen (secondary N) is 1. The first-order chi connectivity index (χ1) is 10.2. The van der Waals surface area contributed by atoms with E-state index in [4.69, 9.17) is 0 Å². The molecule has 3 rings (SSSR count). The molecule has 1 aromatic heterocycles. The van der Waals surface area contributed by atoms with E-state index >= 15 is 0 Å². The molecule has 112 valence electrons. The fraction of sp³-hybridized carbons (Fsp3) is 0.500. The molecule has 5 heteroatoms. The Kier molecular flexibility index (Phi) is 4.20. The zero-order valence-electron chi connectivity index (χ0n) is 12.5. The topological polar surface area (TPSA) is 55.4 Å². The highest BCUT2D eigenvalue weighted by molar-refractivity contribution is 5.63.